The number of aliphatic hydroxyl groups excluding tert-OH is 1. The van der Waals surface area contributed by atoms with Gasteiger partial charge in [0.05, 0.1) is 29.4 Å². The normalized spacial score (nSPS) is 21.6. The van der Waals surface area contributed by atoms with Crippen LogP contribution in [0.3, 0.4) is 0 Å². The van der Waals surface area contributed by atoms with Crippen molar-refractivity contribution < 1.29 is 24.5 Å². The Morgan fingerprint density at radius 3 is 2.56 bits per heavy atom. The number of methoxy groups -OCH3 is 1. The third kappa shape index (κ3) is 5.38. The van der Waals surface area contributed by atoms with Crippen LogP contribution in [0.25, 0.3) is 0 Å². The summed E-state index contributed by atoms with van der Waals surface area (Å²) in [5.41, 5.74) is -0.362. The Labute approximate surface area is 194 Å². The molecule has 2 amide bonds. The van der Waals surface area contributed by atoms with Gasteiger partial charge in [-0.05, 0) is 55.4 Å². The molecule has 32 heavy (non-hydrogen) atoms. The summed E-state index contributed by atoms with van der Waals surface area (Å²) in [5, 5.41) is 24.3. The number of carbonyl (C=O) groups excluding carboxylic acids is 2. The number of ether oxygens (including phenoxy) is 1. The van der Waals surface area contributed by atoms with Crippen LogP contribution in [-0.2, 0) is 15.2 Å². The molecule has 2 aliphatic rings. The van der Waals surface area contributed by atoms with E-state index in [1.165, 1.54) is 7.11 Å². The van der Waals surface area contributed by atoms with E-state index in [1.807, 2.05) is 13.8 Å². The number of rotatable bonds is 6. The summed E-state index contributed by atoms with van der Waals surface area (Å²) in [6.45, 7) is 4.56. The second-order valence-electron chi connectivity index (χ2n) is 9.09. The molecule has 1 aliphatic heterocycles. The first-order valence-corrected chi connectivity index (χ1v) is 11.6. The Hall–Kier alpha value is -2.25. The molecule has 0 spiro atoms. The Morgan fingerprint density at radius 2 is 1.97 bits per heavy atom. The standard InChI is InChI=1S/C24H33ClN2O5/c1-15(2)21(26-22(29)16-5-4-6-18(28)13-16)23(30)27-11-9-24(31,10-12-27)17-7-8-19(25)20(14-17)32-3/h7-8,13-16,21,28,31H,4-6,9-12H2,1-3H3,(H,26,29)/t16?,21-/m1/s1. The molecule has 8 heteroatoms. The second-order valence-corrected chi connectivity index (χ2v) is 9.50. The number of halogens is 1. The van der Waals surface area contributed by atoms with Gasteiger partial charge in [-0.1, -0.05) is 31.5 Å². The number of nitrogens with one attached hydrogen (secondary N) is 1. The Bertz CT molecular complexity index is 877. The van der Waals surface area contributed by atoms with Crippen LogP contribution in [0.5, 0.6) is 5.75 Å². The number of hydrogen-bond donors (Lipinski definition) is 3. The summed E-state index contributed by atoms with van der Waals surface area (Å²) in [6, 6.07) is 4.57. The molecule has 1 aromatic carbocycles. The monoisotopic (exact) mass is 464 g/mol. The lowest BCUT2D eigenvalue weighted by Gasteiger charge is -2.40. The van der Waals surface area contributed by atoms with Crippen molar-refractivity contribution >= 4 is 23.4 Å². The predicted molar refractivity (Wildman–Crippen MR) is 123 cm³/mol. The van der Waals surface area contributed by atoms with Gasteiger partial charge in [0, 0.05) is 19.5 Å². The smallest absolute Gasteiger partial charge is 0.245 e. The lowest BCUT2D eigenvalue weighted by atomic mass is 9.84. The van der Waals surface area contributed by atoms with Gasteiger partial charge in [-0.2, -0.15) is 0 Å². The zero-order chi connectivity index (χ0) is 23.5. The minimum atomic E-state index is -1.07. The summed E-state index contributed by atoms with van der Waals surface area (Å²) < 4.78 is 5.26. The van der Waals surface area contributed by atoms with Gasteiger partial charge >= 0.3 is 0 Å². The molecule has 1 aliphatic carbocycles. The zero-order valence-electron chi connectivity index (χ0n) is 18.9. The van der Waals surface area contributed by atoms with Crippen molar-refractivity contribution in [1.82, 2.24) is 10.2 Å². The summed E-state index contributed by atoms with van der Waals surface area (Å²) in [6.07, 6.45) is 4.34. The summed E-state index contributed by atoms with van der Waals surface area (Å²) >= 11 is 6.10. The molecule has 2 atom stereocenters. The minimum absolute atomic E-state index is 0.0889. The van der Waals surface area contributed by atoms with E-state index in [4.69, 9.17) is 16.3 Å². The maximum Gasteiger partial charge on any atom is 0.245 e. The van der Waals surface area contributed by atoms with E-state index >= 15 is 0 Å². The number of piperidine rings is 1. The van der Waals surface area contributed by atoms with E-state index in [1.54, 1.807) is 29.2 Å². The van der Waals surface area contributed by atoms with E-state index in [0.717, 1.165) is 6.42 Å². The zero-order valence-corrected chi connectivity index (χ0v) is 19.7. The third-order valence-corrected chi connectivity index (χ3v) is 6.81. The molecule has 1 saturated heterocycles. The number of carbonyl (C=O) groups is 2. The Morgan fingerprint density at radius 1 is 1.28 bits per heavy atom. The van der Waals surface area contributed by atoms with E-state index in [9.17, 15) is 19.8 Å². The number of aliphatic hydroxyl groups is 2. The molecule has 176 valence electrons. The van der Waals surface area contributed by atoms with Crippen molar-refractivity contribution in [2.45, 2.75) is 57.6 Å². The third-order valence-electron chi connectivity index (χ3n) is 6.50. The molecule has 1 unspecified atom stereocenters. The average Bonchev–Trinajstić information content (AvgIpc) is 2.77. The fourth-order valence-corrected chi connectivity index (χ4v) is 4.61. The lowest BCUT2D eigenvalue weighted by molar-refractivity contribution is -0.142. The van der Waals surface area contributed by atoms with Crippen molar-refractivity contribution in [3.63, 3.8) is 0 Å². The topological polar surface area (TPSA) is 99.1 Å². The van der Waals surface area contributed by atoms with Crippen LogP contribution in [0.1, 0.15) is 51.5 Å². The number of hydrogen-bond acceptors (Lipinski definition) is 5. The molecule has 0 saturated carbocycles. The van der Waals surface area contributed by atoms with Gasteiger partial charge in [-0.15, -0.1) is 0 Å². The molecule has 0 radical (unpaired) electrons. The van der Waals surface area contributed by atoms with Crippen molar-refractivity contribution in [3.8, 4) is 5.75 Å². The molecule has 3 N–H and O–H groups in total. The van der Waals surface area contributed by atoms with Crippen LogP contribution < -0.4 is 10.1 Å². The van der Waals surface area contributed by atoms with Gasteiger partial charge in [0.25, 0.3) is 0 Å². The van der Waals surface area contributed by atoms with Gasteiger partial charge in [0.15, 0.2) is 0 Å². The fraction of sp³-hybridized carbons (Fsp3) is 0.583. The van der Waals surface area contributed by atoms with Crippen LogP contribution in [0.2, 0.25) is 5.02 Å². The molecule has 1 aromatic rings. The quantitative estimate of drug-likeness (QED) is 0.598. The van der Waals surface area contributed by atoms with Crippen molar-refractivity contribution in [2.75, 3.05) is 20.2 Å². The maximum absolute atomic E-state index is 13.2. The summed E-state index contributed by atoms with van der Waals surface area (Å²) in [5.74, 6) is -0.143. The average molecular weight is 465 g/mol. The molecule has 0 aromatic heterocycles. The molecule has 0 bridgehead atoms. The van der Waals surface area contributed by atoms with Gasteiger partial charge in [0.2, 0.25) is 11.8 Å². The Kier molecular flexibility index (Phi) is 7.72. The van der Waals surface area contributed by atoms with Gasteiger partial charge < -0.3 is 25.2 Å². The van der Waals surface area contributed by atoms with E-state index < -0.39 is 17.6 Å². The first kappa shape index (κ1) is 24.4. The first-order chi connectivity index (χ1) is 15.1. The van der Waals surface area contributed by atoms with Gasteiger partial charge in [0.1, 0.15) is 11.8 Å². The Balaban J connectivity index is 1.65. The first-order valence-electron chi connectivity index (χ1n) is 11.2. The van der Waals surface area contributed by atoms with Gasteiger partial charge in [-0.3, -0.25) is 9.59 Å². The number of likely N-dealkylation sites (tertiary alicyclic amines) is 1. The fourth-order valence-electron chi connectivity index (χ4n) is 4.41. The number of amides is 2. The van der Waals surface area contributed by atoms with E-state index in [-0.39, 0.29) is 23.5 Å². The van der Waals surface area contributed by atoms with Crippen LogP contribution in [0.4, 0.5) is 0 Å². The summed E-state index contributed by atoms with van der Waals surface area (Å²) in [7, 11) is 1.53. The number of allylic oxidation sites excluding steroid dienone is 1. The van der Waals surface area contributed by atoms with Crippen LogP contribution in [0, 0.1) is 11.8 Å². The highest BCUT2D eigenvalue weighted by atomic mass is 35.5. The van der Waals surface area contributed by atoms with Crippen LogP contribution in [0.15, 0.2) is 30.0 Å². The SMILES string of the molecule is COc1cc(C2(O)CCN(C(=O)[C@H](NC(=O)C3C=C(O)CCC3)C(C)C)CC2)ccc1Cl. The van der Waals surface area contributed by atoms with Gasteiger partial charge in [-0.25, -0.2) is 0 Å². The minimum Gasteiger partial charge on any atom is -0.513 e. The molecule has 3 rings (SSSR count). The highest BCUT2D eigenvalue weighted by Gasteiger charge is 2.38. The molecule has 7 nitrogen and oxygen atoms in total. The van der Waals surface area contributed by atoms with Crippen molar-refractivity contribution in [3.05, 3.63) is 40.6 Å². The van der Waals surface area contributed by atoms with E-state index in [0.29, 0.717) is 55.1 Å². The second kappa shape index (κ2) is 10.1. The predicted octanol–water partition coefficient (Wildman–Crippen LogP) is 3.54. The molecule has 1 fully saturated rings. The van der Waals surface area contributed by atoms with Crippen LogP contribution in [-0.4, -0.2) is 53.2 Å². The molecular formula is C24H33ClN2O5. The molecule has 1 heterocycles. The number of benzene rings is 1. The van der Waals surface area contributed by atoms with E-state index in [2.05, 4.69) is 5.32 Å². The highest BCUT2D eigenvalue weighted by Crippen LogP contribution is 2.37. The maximum atomic E-state index is 13.2. The van der Waals surface area contributed by atoms with Crippen molar-refractivity contribution in [2.24, 2.45) is 11.8 Å². The lowest BCUT2D eigenvalue weighted by Crippen LogP contribution is -2.55. The molecular weight excluding hydrogens is 432 g/mol. The van der Waals surface area contributed by atoms with Crippen molar-refractivity contribution in [1.29, 1.82) is 0 Å². The largest absolute Gasteiger partial charge is 0.513 e. The highest BCUT2D eigenvalue weighted by molar-refractivity contribution is 6.32. The van der Waals surface area contributed by atoms with Crippen LogP contribution >= 0.6 is 11.6 Å². The summed E-state index contributed by atoms with van der Waals surface area (Å²) in [4.78, 5) is 27.7. The number of nitrogens with zero attached hydrogens (tertiary/aromatic N) is 1.